The molecule has 0 fully saturated rings. The normalized spacial score (nSPS) is 10.5. The van der Waals surface area contributed by atoms with Gasteiger partial charge in [-0.15, -0.1) is 0 Å². The summed E-state index contributed by atoms with van der Waals surface area (Å²) in [6.45, 7) is 5.79. The predicted octanol–water partition coefficient (Wildman–Crippen LogP) is 3.26. The monoisotopic (exact) mass is 304 g/mol. The summed E-state index contributed by atoms with van der Waals surface area (Å²) < 4.78 is 5.15. The van der Waals surface area contributed by atoms with Crippen LogP contribution in [0, 0.1) is 20.8 Å². The van der Waals surface area contributed by atoms with Gasteiger partial charge in [-0.3, -0.25) is 0 Å². The maximum atomic E-state index is 11.3. The summed E-state index contributed by atoms with van der Waals surface area (Å²) in [5.74, 6) is -0.385. The maximum absolute atomic E-state index is 11.3. The van der Waals surface area contributed by atoms with Gasteiger partial charge in [0.05, 0.1) is 12.7 Å². The van der Waals surface area contributed by atoms with Gasteiger partial charge >= 0.3 is 5.97 Å². The van der Waals surface area contributed by atoms with Gasteiger partial charge in [-0.2, -0.15) is 0 Å². The first-order valence-corrected chi connectivity index (χ1v) is 7.15. The summed E-state index contributed by atoms with van der Waals surface area (Å²) in [7, 11) is 1.54. The molecule has 5 nitrogen and oxygen atoms in total. The number of ether oxygens (including phenoxy) is 1. The van der Waals surface area contributed by atoms with Crippen LogP contribution in [0.25, 0.3) is 0 Å². The Balaban J connectivity index is 2.45. The fourth-order valence-corrected chi connectivity index (χ4v) is 2.78. The molecule has 110 valence electrons. The molecule has 0 radical (unpaired) electrons. The van der Waals surface area contributed by atoms with Crippen molar-refractivity contribution >= 4 is 17.7 Å². The summed E-state index contributed by atoms with van der Waals surface area (Å²) >= 11 is 1.23. The fraction of sp³-hybridized carbons (Fsp3) is 0.267. The molecule has 0 atom stereocenters. The predicted molar refractivity (Wildman–Crippen MR) is 80.3 cm³/mol. The summed E-state index contributed by atoms with van der Waals surface area (Å²) in [5.41, 5.74) is 3.04. The van der Waals surface area contributed by atoms with Crippen LogP contribution in [0.3, 0.4) is 0 Å². The van der Waals surface area contributed by atoms with Crippen molar-refractivity contribution in [3.05, 3.63) is 40.7 Å². The van der Waals surface area contributed by atoms with Crippen LogP contribution in [-0.4, -0.2) is 28.2 Å². The number of methoxy groups -OCH3 is 1. The van der Waals surface area contributed by atoms with Crippen LogP contribution in [0.4, 0.5) is 0 Å². The highest BCUT2D eigenvalue weighted by molar-refractivity contribution is 7.99. The van der Waals surface area contributed by atoms with Crippen molar-refractivity contribution in [1.29, 1.82) is 0 Å². The number of carbonyl (C=O) groups is 1. The highest BCUT2D eigenvalue weighted by Crippen LogP contribution is 2.32. The third-order valence-electron chi connectivity index (χ3n) is 3.23. The topological polar surface area (TPSA) is 72.3 Å². The lowest BCUT2D eigenvalue weighted by molar-refractivity contribution is 0.0693. The van der Waals surface area contributed by atoms with Gasteiger partial charge in [0.15, 0.2) is 5.16 Å². The number of aromatic nitrogens is 2. The van der Waals surface area contributed by atoms with Crippen LogP contribution < -0.4 is 4.74 Å². The Morgan fingerprint density at radius 1 is 1.19 bits per heavy atom. The Morgan fingerprint density at radius 3 is 2.33 bits per heavy atom. The molecule has 0 saturated heterocycles. The molecule has 1 aromatic carbocycles. The summed E-state index contributed by atoms with van der Waals surface area (Å²) in [4.78, 5) is 20.7. The van der Waals surface area contributed by atoms with E-state index in [9.17, 15) is 9.90 Å². The highest BCUT2D eigenvalue weighted by Gasteiger charge is 2.15. The first-order valence-electron chi connectivity index (χ1n) is 6.33. The molecule has 0 unspecified atom stereocenters. The van der Waals surface area contributed by atoms with Gasteiger partial charge < -0.3 is 9.84 Å². The third kappa shape index (κ3) is 3.33. The van der Waals surface area contributed by atoms with Crippen molar-refractivity contribution in [1.82, 2.24) is 9.97 Å². The molecule has 0 saturated carbocycles. The van der Waals surface area contributed by atoms with Crippen molar-refractivity contribution < 1.29 is 14.6 Å². The quantitative estimate of drug-likeness (QED) is 0.874. The molecule has 0 amide bonds. The van der Waals surface area contributed by atoms with Crippen LogP contribution in [0.2, 0.25) is 0 Å². The second kappa shape index (κ2) is 6.13. The molecule has 0 spiro atoms. The minimum Gasteiger partial charge on any atom is -0.497 e. The Bertz CT molecular complexity index is 678. The van der Waals surface area contributed by atoms with E-state index >= 15 is 0 Å². The number of nitrogens with zero attached hydrogens (tertiary/aromatic N) is 2. The Labute approximate surface area is 127 Å². The lowest BCUT2D eigenvalue weighted by Gasteiger charge is -2.09. The zero-order chi connectivity index (χ0) is 15.6. The highest BCUT2D eigenvalue weighted by atomic mass is 32.2. The number of aromatic carboxylic acids is 1. The number of benzene rings is 1. The maximum Gasteiger partial charge on any atom is 0.336 e. The zero-order valence-electron chi connectivity index (χ0n) is 12.3. The lowest BCUT2D eigenvalue weighted by Crippen LogP contribution is -2.01. The van der Waals surface area contributed by atoms with Crippen molar-refractivity contribution in [3.8, 4) is 5.75 Å². The summed E-state index contributed by atoms with van der Waals surface area (Å²) in [5, 5.41) is 9.80. The van der Waals surface area contributed by atoms with Gasteiger partial charge in [0.25, 0.3) is 0 Å². The molecular weight excluding hydrogens is 288 g/mol. The number of carboxylic acid groups (broad SMARTS) is 1. The van der Waals surface area contributed by atoms with Gasteiger partial charge in [0.2, 0.25) is 0 Å². The smallest absolute Gasteiger partial charge is 0.336 e. The Hall–Kier alpha value is -2.08. The molecule has 1 aromatic heterocycles. The van der Waals surface area contributed by atoms with E-state index in [2.05, 4.69) is 9.97 Å². The van der Waals surface area contributed by atoms with Gasteiger partial charge in [0.1, 0.15) is 5.75 Å². The second-order valence-electron chi connectivity index (χ2n) is 4.57. The molecular formula is C15H16N2O3S. The largest absolute Gasteiger partial charge is 0.497 e. The van der Waals surface area contributed by atoms with E-state index in [1.807, 2.05) is 20.8 Å². The molecule has 0 bridgehead atoms. The SMILES string of the molecule is COc1ccc(C(=O)O)c(Sc2nc(C)c(C)c(C)n2)c1. The number of hydrogen-bond acceptors (Lipinski definition) is 5. The van der Waals surface area contributed by atoms with E-state index in [0.717, 1.165) is 17.0 Å². The van der Waals surface area contributed by atoms with Gasteiger partial charge in [-0.1, -0.05) is 0 Å². The number of hydrogen-bond donors (Lipinski definition) is 1. The minimum absolute atomic E-state index is 0.209. The number of aryl methyl sites for hydroxylation is 2. The van der Waals surface area contributed by atoms with E-state index in [1.165, 1.54) is 17.8 Å². The molecule has 0 aliphatic heterocycles. The molecule has 1 N–H and O–H groups in total. The van der Waals surface area contributed by atoms with E-state index in [1.54, 1.807) is 19.2 Å². The van der Waals surface area contributed by atoms with Crippen molar-refractivity contribution in [2.75, 3.05) is 7.11 Å². The van der Waals surface area contributed by atoms with E-state index in [-0.39, 0.29) is 5.56 Å². The molecule has 21 heavy (non-hydrogen) atoms. The van der Waals surface area contributed by atoms with Crippen LogP contribution >= 0.6 is 11.8 Å². The average molecular weight is 304 g/mol. The van der Waals surface area contributed by atoms with E-state index in [4.69, 9.17) is 4.74 Å². The van der Waals surface area contributed by atoms with Crippen LogP contribution in [0.15, 0.2) is 28.3 Å². The lowest BCUT2D eigenvalue weighted by atomic mass is 10.2. The van der Waals surface area contributed by atoms with Crippen molar-refractivity contribution in [2.24, 2.45) is 0 Å². The van der Waals surface area contributed by atoms with Crippen LogP contribution in [0.5, 0.6) is 5.75 Å². The fourth-order valence-electron chi connectivity index (χ4n) is 1.78. The molecule has 2 rings (SSSR count). The number of rotatable bonds is 4. The second-order valence-corrected chi connectivity index (χ2v) is 5.58. The molecule has 2 aromatic rings. The Kier molecular flexibility index (Phi) is 4.47. The average Bonchev–Trinajstić information content (AvgIpc) is 2.44. The molecule has 6 heteroatoms. The van der Waals surface area contributed by atoms with Gasteiger partial charge in [0, 0.05) is 16.3 Å². The molecule has 1 heterocycles. The van der Waals surface area contributed by atoms with Crippen LogP contribution in [0.1, 0.15) is 27.3 Å². The zero-order valence-corrected chi connectivity index (χ0v) is 13.1. The first kappa shape index (κ1) is 15.3. The van der Waals surface area contributed by atoms with Gasteiger partial charge in [-0.25, -0.2) is 14.8 Å². The summed E-state index contributed by atoms with van der Waals surface area (Å²) in [6.07, 6.45) is 0. The van der Waals surface area contributed by atoms with Crippen LogP contribution in [-0.2, 0) is 0 Å². The van der Waals surface area contributed by atoms with E-state index in [0.29, 0.717) is 15.8 Å². The standard InChI is InChI=1S/C15H16N2O3S/c1-8-9(2)16-15(17-10(8)3)21-13-7-11(20-4)5-6-12(13)14(18)19/h5-7H,1-4H3,(H,18,19). The third-order valence-corrected chi connectivity index (χ3v) is 4.16. The molecule has 0 aliphatic carbocycles. The van der Waals surface area contributed by atoms with Crippen molar-refractivity contribution in [2.45, 2.75) is 30.8 Å². The first-order chi connectivity index (χ1) is 9.92. The minimum atomic E-state index is -0.985. The van der Waals surface area contributed by atoms with Gasteiger partial charge in [-0.05, 0) is 56.3 Å². The van der Waals surface area contributed by atoms with Crippen molar-refractivity contribution in [3.63, 3.8) is 0 Å². The molecule has 0 aliphatic rings. The summed E-state index contributed by atoms with van der Waals surface area (Å²) in [6, 6.07) is 4.83. The Morgan fingerprint density at radius 2 is 1.81 bits per heavy atom. The number of carboxylic acids is 1. The van der Waals surface area contributed by atoms with E-state index < -0.39 is 5.97 Å².